The summed E-state index contributed by atoms with van der Waals surface area (Å²) in [6, 6.07) is 18.0. The Morgan fingerprint density at radius 2 is 1.45 bits per heavy atom. The van der Waals surface area contributed by atoms with Gasteiger partial charge in [-0.25, -0.2) is 9.37 Å². The molecule has 2 N–H and O–H groups in total. The molecule has 0 aliphatic carbocycles. The van der Waals surface area contributed by atoms with Crippen LogP contribution in [-0.4, -0.2) is 4.98 Å². The fourth-order valence-electron chi connectivity index (χ4n) is 3.10. The van der Waals surface area contributed by atoms with Crippen LogP contribution >= 0.6 is 0 Å². The normalized spacial score (nSPS) is 10.7. The molecule has 0 atom stereocenters. The molecular formula is C25H20FN5. The zero-order valence-electron chi connectivity index (χ0n) is 17.1. The van der Waals surface area contributed by atoms with Crippen molar-refractivity contribution in [2.75, 3.05) is 10.6 Å². The minimum absolute atomic E-state index is 0.106. The number of nitriles is 2. The molecule has 0 radical (unpaired) electrons. The quantitative estimate of drug-likeness (QED) is 0.460. The molecule has 3 aromatic rings. The van der Waals surface area contributed by atoms with Crippen LogP contribution in [0.25, 0.3) is 12.2 Å². The van der Waals surface area contributed by atoms with E-state index in [1.54, 1.807) is 30.4 Å². The topological polar surface area (TPSA) is 84.5 Å². The van der Waals surface area contributed by atoms with Gasteiger partial charge in [-0.15, -0.1) is 0 Å². The van der Waals surface area contributed by atoms with Crippen molar-refractivity contribution in [3.05, 3.63) is 88.8 Å². The van der Waals surface area contributed by atoms with Crippen molar-refractivity contribution >= 4 is 35.2 Å². The number of aryl methyl sites for hydroxylation is 2. The molecular weight excluding hydrogens is 389 g/mol. The van der Waals surface area contributed by atoms with Crippen LogP contribution in [-0.2, 0) is 0 Å². The van der Waals surface area contributed by atoms with Crippen molar-refractivity contribution in [3.63, 3.8) is 0 Å². The molecule has 1 heterocycles. The Hall–Kier alpha value is -4.42. The van der Waals surface area contributed by atoms with E-state index in [2.05, 4.69) is 15.6 Å². The molecule has 0 spiro atoms. The summed E-state index contributed by atoms with van der Waals surface area (Å²) in [4.78, 5) is 4.38. The zero-order valence-corrected chi connectivity index (χ0v) is 17.1. The average Bonchev–Trinajstić information content (AvgIpc) is 2.76. The highest BCUT2D eigenvalue weighted by Crippen LogP contribution is 2.28. The average molecular weight is 409 g/mol. The maximum absolute atomic E-state index is 14.3. The van der Waals surface area contributed by atoms with Crippen LogP contribution in [0.3, 0.4) is 0 Å². The van der Waals surface area contributed by atoms with Crippen molar-refractivity contribution < 1.29 is 4.39 Å². The van der Waals surface area contributed by atoms with Crippen molar-refractivity contribution in [2.24, 2.45) is 0 Å². The van der Waals surface area contributed by atoms with Crippen molar-refractivity contribution in [3.8, 4) is 12.1 Å². The monoisotopic (exact) mass is 409 g/mol. The molecule has 31 heavy (non-hydrogen) atoms. The van der Waals surface area contributed by atoms with E-state index in [9.17, 15) is 4.39 Å². The van der Waals surface area contributed by atoms with Gasteiger partial charge in [-0.3, -0.25) is 0 Å². The van der Waals surface area contributed by atoms with Crippen molar-refractivity contribution in [2.45, 2.75) is 13.8 Å². The van der Waals surface area contributed by atoms with Gasteiger partial charge in [-0.05, 0) is 84.7 Å². The number of hydrogen-bond acceptors (Lipinski definition) is 5. The van der Waals surface area contributed by atoms with Crippen molar-refractivity contribution in [1.29, 1.82) is 10.5 Å². The van der Waals surface area contributed by atoms with E-state index in [4.69, 9.17) is 10.5 Å². The fourth-order valence-corrected chi connectivity index (χ4v) is 3.10. The number of halogens is 1. The molecule has 0 bridgehead atoms. The van der Waals surface area contributed by atoms with Gasteiger partial charge in [0.15, 0.2) is 11.6 Å². The number of allylic oxidation sites excluding steroid dienone is 2. The first kappa shape index (κ1) is 21.3. The summed E-state index contributed by atoms with van der Waals surface area (Å²) in [6.45, 7) is 3.92. The first-order chi connectivity index (χ1) is 15.0. The Labute approximate surface area is 180 Å². The van der Waals surface area contributed by atoms with E-state index in [0.29, 0.717) is 11.5 Å². The van der Waals surface area contributed by atoms with Gasteiger partial charge in [0, 0.05) is 23.5 Å². The SMILES string of the molecule is Cc1cc(/C=C/C#N)cc(C)c1Nc1ccc(F)c(Nc2ccc(/C=C/C#N)cc2)n1. The maximum Gasteiger partial charge on any atom is 0.168 e. The van der Waals surface area contributed by atoms with E-state index >= 15 is 0 Å². The van der Waals surface area contributed by atoms with Crippen LogP contribution in [0.2, 0.25) is 0 Å². The van der Waals surface area contributed by atoms with Gasteiger partial charge in [-0.1, -0.05) is 12.1 Å². The number of nitrogens with one attached hydrogen (secondary N) is 2. The third-order valence-electron chi connectivity index (χ3n) is 4.53. The molecule has 0 aliphatic rings. The third-order valence-corrected chi connectivity index (χ3v) is 4.53. The number of anilines is 4. The predicted molar refractivity (Wildman–Crippen MR) is 122 cm³/mol. The molecule has 1 aromatic heterocycles. The van der Waals surface area contributed by atoms with Gasteiger partial charge in [0.2, 0.25) is 0 Å². The second-order valence-corrected chi connectivity index (χ2v) is 6.85. The zero-order chi connectivity index (χ0) is 22.2. The lowest BCUT2D eigenvalue weighted by atomic mass is 10.0. The standard InChI is InChI=1S/C25H20FN5/c1-17-15-20(6-4-14-28)16-18(2)24(17)30-23-12-11-22(26)25(31-23)29-21-9-7-19(8-10-21)5-3-13-27/h3-12,15-16H,1-2H3,(H2,29,30,31)/b5-3+,6-4+. The lowest BCUT2D eigenvalue weighted by molar-refractivity contribution is 0.627. The largest absolute Gasteiger partial charge is 0.340 e. The first-order valence-electron chi connectivity index (χ1n) is 9.54. The smallest absolute Gasteiger partial charge is 0.168 e. The third kappa shape index (κ3) is 5.56. The number of hydrogen-bond donors (Lipinski definition) is 2. The highest BCUT2D eigenvalue weighted by Gasteiger charge is 2.09. The Morgan fingerprint density at radius 1 is 0.839 bits per heavy atom. The van der Waals surface area contributed by atoms with Crippen LogP contribution in [0.15, 0.2) is 60.7 Å². The van der Waals surface area contributed by atoms with E-state index in [1.807, 2.05) is 50.3 Å². The van der Waals surface area contributed by atoms with Crippen LogP contribution in [0, 0.1) is 42.3 Å². The molecule has 152 valence electrons. The summed E-state index contributed by atoms with van der Waals surface area (Å²) in [5.74, 6) is 0.141. The molecule has 0 unspecified atom stereocenters. The van der Waals surface area contributed by atoms with Gasteiger partial charge in [-0.2, -0.15) is 10.5 Å². The highest BCUT2D eigenvalue weighted by molar-refractivity contribution is 5.70. The van der Waals surface area contributed by atoms with Crippen LogP contribution in [0.1, 0.15) is 22.3 Å². The second-order valence-electron chi connectivity index (χ2n) is 6.85. The summed E-state index contributed by atoms with van der Waals surface area (Å²) in [5.41, 5.74) is 5.34. The van der Waals surface area contributed by atoms with Crippen molar-refractivity contribution in [1.82, 2.24) is 4.98 Å². The minimum Gasteiger partial charge on any atom is -0.340 e. The van der Waals surface area contributed by atoms with Crippen LogP contribution in [0.4, 0.5) is 27.4 Å². The van der Waals surface area contributed by atoms with Gasteiger partial charge in [0.05, 0.1) is 12.1 Å². The van der Waals surface area contributed by atoms with Gasteiger partial charge in [0.1, 0.15) is 5.82 Å². The summed E-state index contributed by atoms with van der Waals surface area (Å²) < 4.78 is 14.3. The highest BCUT2D eigenvalue weighted by atomic mass is 19.1. The van der Waals surface area contributed by atoms with Gasteiger partial charge in [0.25, 0.3) is 0 Å². The van der Waals surface area contributed by atoms with E-state index < -0.39 is 5.82 Å². The summed E-state index contributed by atoms with van der Waals surface area (Å²) in [5, 5.41) is 23.6. The lowest BCUT2D eigenvalue weighted by Gasteiger charge is -2.15. The Morgan fingerprint density at radius 3 is 2.06 bits per heavy atom. The van der Waals surface area contributed by atoms with E-state index in [-0.39, 0.29) is 5.82 Å². The molecule has 6 heteroatoms. The first-order valence-corrected chi connectivity index (χ1v) is 9.54. The Balaban J connectivity index is 1.82. The minimum atomic E-state index is -0.468. The van der Waals surface area contributed by atoms with Gasteiger partial charge >= 0.3 is 0 Å². The molecule has 0 fully saturated rings. The molecule has 0 aliphatic heterocycles. The predicted octanol–water partition coefficient (Wildman–Crippen LogP) is 6.40. The molecule has 0 saturated carbocycles. The van der Waals surface area contributed by atoms with Crippen LogP contribution in [0.5, 0.6) is 0 Å². The number of nitrogens with zero attached hydrogens (tertiary/aromatic N) is 3. The summed E-state index contributed by atoms with van der Waals surface area (Å²) >= 11 is 0. The second kappa shape index (κ2) is 9.87. The van der Waals surface area contributed by atoms with E-state index in [0.717, 1.165) is 27.9 Å². The fraction of sp³-hybridized carbons (Fsp3) is 0.0800. The Kier molecular flexibility index (Phi) is 6.78. The summed E-state index contributed by atoms with van der Waals surface area (Å²) in [6.07, 6.45) is 6.28. The maximum atomic E-state index is 14.3. The number of pyridine rings is 1. The molecule has 3 rings (SSSR count). The van der Waals surface area contributed by atoms with Crippen LogP contribution < -0.4 is 10.6 Å². The van der Waals surface area contributed by atoms with Gasteiger partial charge < -0.3 is 10.6 Å². The number of rotatable bonds is 6. The molecule has 2 aromatic carbocycles. The molecule has 0 saturated heterocycles. The number of aromatic nitrogens is 1. The molecule has 5 nitrogen and oxygen atoms in total. The lowest BCUT2D eigenvalue weighted by Crippen LogP contribution is -2.03. The Bertz CT molecular complexity index is 1210. The number of benzene rings is 2. The van der Waals surface area contributed by atoms with E-state index in [1.165, 1.54) is 18.2 Å². The summed E-state index contributed by atoms with van der Waals surface area (Å²) in [7, 11) is 0. The molecule has 0 amide bonds.